The molecule has 0 aliphatic rings. The van der Waals surface area contributed by atoms with Gasteiger partial charge in [0, 0.05) is 32.5 Å². The Labute approximate surface area is 152 Å². The Morgan fingerprint density at radius 3 is 1.88 bits per heavy atom. The van der Waals surface area contributed by atoms with Gasteiger partial charge in [0.25, 0.3) is 0 Å². The van der Waals surface area contributed by atoms with Gasteiger partial charge < -0.3 is 0 Å². The van der Waals surface area contributed by atoms with Gasteiger partial charge in [0.15, 0.2) is 0 Å². The van der Waals surface area contributed by atoms with Crippen molar-refractivity contribution in [1.29, 1.82) is 0 Å². The molecule has 0 bridgehead atoms. The molecule has 141 valence electrons. The second kappa shape index (κ2) is 18.7. The third-order valence-electron chi connectivity index (χ3n) is 4.32. The van der Waals surface area contributed by atoms with Crippen LogP contribution in [-0.4, -0.2) is 44.2 Å². The van der Waals surface area contributed by atoms with Gasteiger partial charge in [0.1, 0.15) is 13.1 Å². The third-order valence-corrected chi connectivity index (χ3v) is 4.32. The van der Waals surface area contributed by atoms with Crippen LogP contribution < -0.4 is 10.4 Å². The molecule has 0 aromatic heterocycles. The highest BCUT2D eigenvalue weighted by atomic mass is 15.5. The van der Waals surface area contributed by atoms with Gasteiger partial charge in [-0.1, -0.05) is 50.3 Å². The van der Waals surface area contributed by atoms with Crippen LogP contribution in [0, 0.1) is 0 Å². The number of nitrogens with zero attached hydrogens (tertiary/aromatic N) is 2. The number of rotatable bonds is 19. The Kier molecular flexibility index (Phi) is 18.2. The van der Waals surface area contributed by atoms with Gasteiger partial charge in [-0.2, -0.15) is 0 Å². The molecule has 3 heteroatoms. The smallest absolute Gasteiger partial charge is 0.144 e. The number of hydrogen-bond donors (Lipinski definition) is 1. The first kappa shape index (κ1) is 23.4. The lowest BCUT2D eigenvalue weighted by molar-refractivity contribution is 0.289. The normalized spacial score (nSPS) is 11.3. The lowest BCUT2D eigenvalue weighted by Crippen LogP contribution is -2.45. The molecule has 0 atom stereocenters. The minimum atomic E-state index is 0.965. The third kappa shape index (κ3) is 14.9. The predicted molar refractivity (Wildman–Crippen MR) is 110 cm³/mol. The lowest BCUT2D eigenvalue weighted by atomic mass is 10.2. The van der Waals surface area contributed by atoms with Crippen molar-refractivity contribution in [2.45, 2.75) is 71.6 Å². The molecule has 0 heterocycles. The molecule has 1 N–H and O–H groups in total. The molecule has 0 unspecified atom stereocenters. The summed E-state index contributed by atoms with van der Waals surface area (Å²) in [6, 6.07) is 0. The van der Waals surface area contributed by atoms with Crippen LogP contribution in [0.5, 0.6) is 0 Å². The maximum absolute atomic E-state index is 3.83. The average Bonchev–Trinajstić information content (AvgIpc) is 2.58. The van der Waals surface area contributed by atoms with Crippen LogP contribution in [-0.2, 0) is 0 Å². The van der Waals surface area contributed by atoms with Crippen LogP contribution in [0.15, 0.2) is 25.3 Å². The molecule has 0 saturated heterocycles. The van der Waals surface area contributed by atoms with Crippen LogP contribution in [0.4, 0.5) is 0 Å². The van der Waals surface area contributed by atoms with E-state index in [4.69, 9.17) is 0 Å². The van der Waals surface area contributed by atoms with Gasteiger partial charge in [0.05, 0.1) is 0 Å². The molecular formula is C21H43N3+. The topological polar surface area (TPSA) is 21.2 Å². The molecule has 3 nitrogen and oxygen atoms in total. The number of hydrazine groups is 1. The first-order valence-electron chi connectivity index (χ1n) is 10.2. The largest absolute Gasteiger partial charge is 0.296 e. The maximum atomic E-state index is 3.83. The molecule has 0 spiro atoms. The monoisotopic (exact) mass is 337 g/mol. The Morgan fingerprint density at radius 2 is 1.38 bits per heavy atom. The van der Waals surface area contributed by atoms with Crippen LogP contribution in [0.25, 0.3) is 0 Å². The van der Waals surface area contributed by atoms with Crippen LogP contribution >= 0.6 is 0 Å². The molecule has 0 aliphatic heterocycles. The number of nitrogens with one attached hydrogen (secondary N) is 1. The summed E-state index contributed by atoms with van der Waals surface area (Å²) in [6.07, 6.45) is 15.7. The van der Waals surface area contributed by atoms with Gasteiger partial charge in [-0.15, -0.1) is 18.6 Å². The standard InChI is InChI=1S/C21H43N3/c1-5-9-13-20-24(21-14-10-6-2)22-16-12-11-15-19-23(17-7-3)18-8-4/h7-8,22H,3-6,9-21H2,1-2H3/q+1. The van der Waals surface area contributed by atoms with Crippen LogP contribution in [0.1, 0.15) is 71.6 Å². The van der Waals surface area contributed by atoms with Crippen molar-refractivity contribution >= 4 is 0 Å². The highest BCUT2D eigenvalue weighted by molar-refractivity contribution is 4.79. The van der Waals surface area contributed by atoms with Crippen molar-refractivity contribution in [1.82, 2.24) is 15.3 Å². The Morgan fingerprint density at radius 1 is 0.792 bits per heavy atom. The summed E-state index contributed by atoms with van der Waals surface area (Å²) in [6.45, 7) is 18.8. The maximum Gasteiger partial charge on any atom is 0.144 e. The SMILES string of the molecule is C=CCN(CC=C)CCCCCN[N+](CCCCC)CCCCC. The summed E-state index contributed by atoms with van der Waals surface area (Å²) in [5, 5.41) is 2.47. The van der Waals surface area contributed by atoms with E-state index in [1.54, 1.807) is 0 Å². The van der Waals surface area contributed by atoms with E-state index in [1.807, 2.05) is 12.2 Å². The summed E-state index contributed by atoms with van der Waals surface area (Å²) in [7, 11) is 0. The summed E-state index contributed by atoms with van der Waals surface area (Å²) in [4.78, 5) is 2.40. The molecule has 0 saturated carbocycles. The van der Waals surface area contributed by atoms with Gasteiger partial charge in [0.2, 0.25) is 0 Å². The fraction of sp³-hybridized carbons (Fsp3) is 0.810. The van der Waals surface area contributed by atoms with E-state index in [-0.39, 0.29) is 0 Å². The zero-order chi connectivity index (χ0) is 17.9. The molecule has 0 aromatic rings. The van der Waals surface area contributed by atoms with E-state index < -0.39 is 0 Å². The molecule has 0 fully saturated rings. The number of unbranched alkanes of at least 4 members (excludes halogenated alkanes) is 6. The molecule has 0 rings (SSSR count). The second-order valence-corrected chi connectivity index (χ2v) is 6.71. The van der Waals surface area contributed by atoms with E-state index in [2.05, 4.69) is 42.3 Å². The summed E-state index contributed by atoms with van der Waals surface area (Å²) >= 11 is 0. The minimum Gasteiger partial charge on any atom is -0.296 e. The van der Waals surface area contributed by atoms with E-state index in [1.165, 1.54) is 70.9 Å². The van der Waals surface area contributed by atoms with Crippen LogP contribution in [0.3, 0.4) is 0 Å². The van der Waals surface area contributed by atoms with Crippen LogP contribution in [0.2, 0.25) is 0 Å². The molecular weight excluding hydrogens is 294 g/mol. The van der Waals surface area contributed by atoms with Crippen molar-refractivity contribution in [3.63, 3.8) is 0 Å². The Hall–Kier alpha value is -0.640. The van der Waals surface area contributed by atoms with E-state index in [0.29, 0.717) is 0 Å². The molecule has 0 aliphatic carbocycles. The first-order valence-corrected chi connectivity index (χ1v) is 10.2. The fourth-order valence-electron chi connectivity index (χ4n) is 2.87. The summed E-state index contributed by atoms with van der Waals surface area (Å²) in [5.74, 6) is 0. The second-order valence-electron chi connectivity index (χ2n) is 6.71. The molecule has 24 heavy (non-hydrogen) atoms. The zero-order valence-corrected chi connectivity index (χ0v) is 16.6. The quantitative estimate of drug-likeness (QED) is 0.157. The van der Waals surface area contributed by atoms with E-state index in [0.717, 1.165) is 26.2 Å². The Bertz CT molecular complexity index is 258. The minimum absolute atomic E-state index is 0.965. The van der Waals surface area contributed by atoms with Gasteiger partial charge >= 0.3 is 0 Å². The average molecular weight is 338 g/mol. The first-order chi connectivity index (χ1) is 11.8. The predicted octanol–water partition coefficient (Wildman–Crippen LogP) is 4.86. The van der Waals surface area contributed by atoms with Crippen molar-refractivity contribution in [2.24, 2.45) is 0 Å². The fourth-order valence-corrected chi connectivity index (χ4v) is 2.87. The summed E-state index contributed by atoms with van der Waals surface area (Å²) in [5.41, 5.74) is 3.66. The summed E-state index contributed by atoms with van der Waals surface area (Å²) < 4.78 is 0. The van der Waals surface area contributed by atoms with Gasteiger partial charge in [-0.25, -0.2) is 0 Å². The molecule has 0 aromatic carbocycles. The van der Waals surface area contributed by atoms with Crippen molar-refractivity contribution < 1.29 is 0 Å². The van der Waals surface area contributed by atoms with Crippen molar-refractivity contribution in [2.75, 3.05) is 39.3 Å². The van der Waals surface area contributed by atoms with E-state index in [9.17, 15) is 0 Å². The zero-order valence-electron chi connectivity index (χ0n) is 16.6. The van der Waals surface area contributed by atoms with Crippen molar-refractivity contribution in [3.8, 4) is 0 Å². The van der Waals surface area contributed by atoms with Crippen molar-refractivity contribution in [3.05, 3.63) is 25.3 Å². The molecule has 0 amide bonds. The lowest BCUT2D eigenvalue weighted by Gasteiger charge is -2.18. The number of hydrogen-bond acceptors (Lipinski definition) is 3. The highest BCUT2D eigenvalue weighted by Gasteiger charge is 2.13. The Balaban J connectivity index is 3.78. The van der Waals surface area contributed by atoms with Gasteiger partial charge in [-0.05, 0) is 32.2 Å². The van der Waals surface area contributed by atoms with Gasteiger partial charge in [-0.3, -0.25) is 4.90 Å². The highest BCUT2D eigenvalue weighted by Crippen LogP contribution is 2.01. The molecule has 1 radical (unpaired) electrons. The van der Waals surface area contributed by atoms with E-state index >= 15 is 0 Å².